The van der Waals surface area contributed by atoms with Crippen LogP contribution in [0.3, 0.4) is 0 Å². The van der Waals surface area contributed by atoms with Gasteiger partial charge < -0.3 is 16.4 Å². The molecule has 1 aliphatic rings. The maximum absolute atomic E-state index is 11.9. The molecule has 1 aromatic rings. The van der Waals surface area contributed by atoms with E-state index in [0.29, 0.717) is 11.3 Å². The molecule has 2 rings (SSSR count). The molecule has 4 N–H and O–H groups in total. The third kappa shape index (κ3) is 3.73. The Morgan fingerprint density at radius 2 is 1.90 bits per heavy atom. The second-order valence-corrected chi connectivity index (χ2v) is 5.33. The van der Waals surface area contributed by atoms with Crippen molar-refractivity contribution in [1.82, 2.24) is 5.32 Å². The fourth-order valence-corrected chi connectivity index (χ4v) is 2.56. The van der Waals surface area contributed by atoms with Crippen LogP contribution in [0.1, 0.15) is 48.0 Å². The quantitative estimate of drug-likeness (QED) is 0.792. The number of urea groups is 1. The molecule has 108 valence electrons. The molecule has 0 radical (unpaired) electrons. The molecule has 1 aromatic carbocycles. The molecule has 0 saturated heterocycles. The lowest BCUT2D eigenvalue weighted by Gasteiger charge is -2.23. The number of anilines is 1. The fraction of sp³-hybridized carbons (Fsp3) is 0.467. The molecule has 5 heteroatoms. The molecule has 0 atom stereocenters. The van der Waals surface area contributed by atoms with Crippen molar-refractivity contribution in [2.45, 2.75) is 45.1 Å². The predicted molar refractivity (Wildman–Crippen MR) is 78.7 cm³/mol. The molecular formula is C15H21N3O2. The summed E-state index contributed by atoms with van der Waals surface area (Å²) in [5, 5.41) is 5.72. The molecule has 1 fully saturated rings. The third-order valence-corrected chi connectivity index (χ3v) is 3.70. The van der Waals surface area contributed by atoms with E-state index in [1.807, 2.05) is 6.92 Å². The number of benzene rings is 1. The van der Waals surface area contributed by atoms with E-state index in [-0.39, 0.29) is 12.1 Å². The summed E-state index contributed by atoms with van der Waals surface area (Å²) < 4.78 is 0. The molecule has 20 heavy (non-hydrogen) atoms. The summed E-state index contributed by atoms with van der Waals surface area (Å²) in [6, 6.07) is 5.18. The molecule has 5 nitrogen and oxygen atoms in total. The fourth-order valence-electron chi connectivity index (χ4n) is 2.56. The second-order valence-electron chi connectivity index (χ2n) is 5.33. The Morgan fingerprint density at radius 1 is 1.20 bits per heavy atom. The summed E-state index contributed by atoms with van der Waals surface area (Å²) in [5.74, 6) is -0.487. The zero-order chi connectivity index (χ0) is 14.5. The standard InChI is InChI=1S/C15H21N3O2/c1-10-7-8-12(9-13(10)14(16)19)18-15(20)17-11-5-3-2-4-6-11/h7-9,11H,2-6H2,1H3,(H2,16,19)(H2,17,18,20). The number of carbonyl (C=O) groups excluding carboxylic acids is 2. The number of aryl methyl sites for hydroxylation is 1. The smallest absolute Gasteiger partial charge is 0.319 e. The summed E-state index contributed by atoms with van der Waals surface area (Å²) in [6.07, 6.45) is 5.66. The number of amides is 3. The highest BCUT2D eigenvalue weighted by Crippen LogP contribution is 2.18. The van der Waals surface area contributed by atoms with Crippen LogP contribution in [0.2, 0.25) is 0 Å². The van der Waals surface area contributed by atoms with Crippen LogP contribution in [0.25, 0.3) is 0 Å². The van der Waals surface area contributed by atoms with Crippen LogP contribution >= 0.6 is 0 Å². The Balaban J connectivity index is 1.96. The lowest BCUT2D eigenvalue weighted by atomic mass is 9.96. The highest BCUT2D eigenvalue weighted by Gasteiger charge is 2.16. The summed E-state index contributed by atoms with van der Waals surface area (Å²) in [7, 11) is 0. The summed E-state index contributed by atoms with van der Waals surface area (Å²) >= 11 is 0. The maximum atomic E-state index is 11.9. The lowest BCUT2D eigenvalue weighted by Crippen LogP contribution is -2.39. The summed E-state index contributed by atoms with van der Waals surface area (Å²) in [6.45, 7) is 1.81. The minimum atomic E-state index is -0.487. The minimum Gasteiger partial charge on any atom is -0.366 e. The van der Waals surface area contributed by atoms with Gasteiger partial charge >= 0.3 is 6.03 Å². The molecule has 0 bridgehead atoms. The van der Waals surface area contributed by atoms with Crippen molar-refractivity contribution >= 4 is 17.6 Å². The average Bonchev–Trinajstić information content (AvgIpc) is 2.41. The Bertz CT molecular complexity index is 508. The number of nitrogens with two attached hydrogens (primary N) is 1. The Labute approximate surface area is 118 Å². The Hall–Kier alpha value is -2.04. The van der Waals surface area contributed by atoms with Gasteiger partial charge in [0.05, 0.1) is 0 Å². The van der Waals surface area contributed by atoms with Crippen molar-refractivity contribution in [3.05, 3.63) is 29.3 Å². The van der Waals surface area contributed by atoms with Crippen LogP contribution in [0.5, 0.6) is 0 Å². The van der Waals surface area contributed by atoms with Gasteiger partial charge in [-0.25, -0.2) is 4.79 Å². The zero-order valence-corrected chi connectivity index (χ0v) is 11.7. The van der Waals surface area contributed by atoms with Gasteiger partial charge in [0, 0.05) is 17.3 Å². The number of primary amides is 1. The number of carbonyl (C=O) groups is 2. The van der Waals surface area contributed by atoms with Gasteiger partial charge in [-0.05, 0) is 37.5 Å². The van der Waals surface area contributed by atoms with Gasteiger partial charge in [0.15, 0.2) is 0 Å². The molecule has 0 unspecified atom stereocenters. The average molecular weight is 275 g/mol. The van der Waals surface area contributed by atoms with Crippen LogP contribution in [0.15, 0.2) is 18.2 Å². The van der Waals surface area contributed by atoms with E-state index in [9.17, 15) is 9.59 Å². The van der Waals surface area contributed by atoms with Crippen molar-refractivity contribution < 1.29 is 9.59 Å². The normalized spacial score (nSPS) is 15.7. The first-order chi connectivity index (χ1) is 9.56. The SMILES string of the molecule is Cc1ccc(NC(=O)NC2CCCCC2)cc1C(N)=O. The van der Waals surface area contributed by atoms with Crippen molar-refractivity contribution in [3.8, 4) is 0 Å². The molecular weight excluding hydrogens is 254 g/mol. The van der Waals surface area contributed by atoms with E-state index in [1.54, 1.807) is 18.2 Å². The minimum absolute atomic E-state index is 0.226. The van der Waals surface area contributed by atoms with Crippen molar-refractivity contribution in [1.29, 1.82) is 0 Å². The highest BCUT2D eigenvalue weighted by atomic mass is 16.2. The van der Waals surface area contributed by atoms with Gasteiger partial charge in [-0.3, -0.25) is 4.79 Å². The highest BCUT2D eigenvalue weighted by molar-refractivity contribution is 5.97. The Morgan fingerprint density at radius 3 is 2.55 bits per heavy atom. The summed E-state index contributed by atoms with van der Waals surface area (Å²) in [4.78, 5) is 23.2. The van der Waals surface area contributed by atoms with E-state index in [1.165, 1.54) is 19.3 Å². The van der Waals surface area contributed by atoms with Gasteiger partial charge in [-0.15, -0.1) is 0 Å². The first-order valence-electron chi connectivity index (χ1n) is 7.04. The first-order valence-corrected chi connectivity index (χ1v) is 7.04. The molecule has 1 aliphatic carbocycles. The van der Waals surface area contributed by atoms with Crippen LogP contribution in [0.4, 0.5) is 10.5 Å². The number of hydrogen-bond donors (Lipinski definition) is 3. The third-order valence-electron chi connectivity index (χ3n) is 3.70. The van der Waals surface area contributed by atoms with E-state index in [4.69, 9.17) is 5.73 Å². The second kappa shape index (κ2) is 6.41. The van der Waals surface area contributed by atoms with Crippen LogP contribution in [-0.2, 0) is 0 Å². The van der Waals surface area contributed by atoms with Gasteiger partial charge in [0.25, 0.3) is 0 Å². The number of rotatable bonds is 3. The van der Waals surface area contributed by atoms with Crippen LogP contribution < -0.4 is 16.4 Å². The van der Waals surface area contributed by atoms with Crippen LogP contribution in [0, 0.1) is 6.92 Å². The molecule has 0 aromatic heterocycles. The van der Waals surface area contributed by atoms with E-state index in [0.717, 1.165) is 18.4 Å². The van der Waals surface area contributed by atoms with Gasteiger partial charge in [-0.2, -0.15) is 0 Å². The van der Waals surface area contributed by atoms with Gasteiger partial charge in [0.1, 0.15) is 0 Å². The number of nitrogens with one attached hydrogen (secondary N) is 2. The van der Waals surface area contributed by atoms with E-state index >= 15 is 0 Å². The molecule has 3 amide bonds. The number of hydrogen-bond acceptors (Lipinski definition) is 2. The lowest BCUT2D eigenvalue weighted by molar-refractivity contribution is 0.0999. The Kier molecular flexibility index (Phi) is 4.61. The van der Waals surface area contributed by atoms with Gasteiger partial charge in [0.2, 0.25) is 5.91 Å². The van der Waals surface area contributed by atoms with Crippen LogP contribution in [-0.4, -0.2) is 18.0 Å². The topological polar surface area (TPSA) is 84.2 Å². The van der Waals surface area contributed by atoms with Crippen molar-refractivity contribution in [2.75, 3.05) is 5.32 Å². The predicted octanol–water partition coefficient (Wildman–Crippen LogP) is 2.55. The molecule has 0 spiro atoms. The van der Waals surface area contributed by atoms with Crippen molar-refractivity contribution in [3.63, 3.8) is 0 Å². The zero-order valence-electron chi connectivity index (χ0n) is 11.7. The first kappa shape index (κ1) is 14.4. The maximum Gasteiger partial charge on any atom is 0.319 e. The molecule has 1 saturated carbocycles. The molecule has 0 aliphatic heterocycles. The molecule has 0 heterocycles. The monoisotopic (exact) mass is 275 g/mol. The van der Waals surface area contributed by atoms with E-state index < -0.39 is 5.91 Å². The summed E-state index contributed by atoms with van der Waals surface area (Å²) in [5.41, 5.74) is 7.11. The van der Waals surface area contributed by atoms with Crippen molar-refractivity contribution in [2.24, 2.45) is 5.73 Å². The van der Waals surface area contributed by atoms with E-state index in [2.05, 4.69) is 10.6 Å². The van der Waals surface area contributed by atoms with Gasteiger partial charge in [-0.1, -0.05) is 25.3 Å². The largest absolute Gasteiger partial charge is 0.366 e.